The second kappa shape index (κ2) is 9.54. The Morgan fingerprint density at radius 3 is 1.97 bits per heavy atom. The van der Waals surface area contributed by atoms with Crippen LogP contribution in [0.3, 0.4) is 0 Å². The van der Waals surface area contributed by atoms with E-state index in [2.05, 4.69) is 5.32 Å². The van der Waals surface area contributed by atoms with Crippen LogP contribution >= 0.6 is 0 Å². The topological polar surface area (TPSA) is 84.9 Å². The van der Waals surface area contributed by atoms with E-state index in [-0.39, 0.29) is 0 Å². The largest absolute Gasteiger partial charge is 0.486 e. The predicted molar refractivity (Wildman–Crippen MR) is 127 cm³/mol. The molecule has 0 fully saturated rings. The van der Waals surface area contributed by atoms with Gasteiger partial charge in [-0.25, -0.2) is 8.42 Å². The highest BCUT2D eigenvalue weighted by Crippen LogP contribution is 2.35. The Kier molecular flexibility index (Phi) is 6.55. The number of fused-ring (bicyclic) bond motifs is 1. The quantitative estimate of drug-likeness (QED) is 0.576. The monoisotopic (exact) mass is 466 g/mol. The molecule has 1 aliphatic heterocycles. The Labute approximate surface area is 194 Å². The molecular formula is C25H26N2O5S. The van der Waals surface area contributed by atoms with Crippen LogP contribution < -0.4 is 19.1 Å². The third-order valence-corrected chi connectivity index (χ3v) is 6.66. The molecule has 0 spiro atoms. The summed E-state index contributed by atoms with van der Waals surface area (Å²) in [5, 5.41) is 3.03. The first-order chi connectivity index (χ1) is 15.8. The van der Waals surface area contributed by atoms with Crippen LogP contribution in [0.5, 0.6) is 11.5 Å². The van der Waals surface area contributed by atoms with Crippen molar-refractivity contribution in [2.45, 2.75) is 19.0 Å². The van der Waals surface area contributed by atoms with Crippen molar-refractivity contribution in [2.24, 2.45) is 0 Å². The van der Waals surface area contributed by atoms with Gasteiger partial charge in [0.05, 0.1) is 18.0 Å². The average molecular weight is 467 g/mol. The number of nitrogens with zero attached hydrogens (tertiary/aromatic N) is 1. The molecule has 172 valence electrons. The molecule has 0 aliphatic carbocycles. The summed E-state index contributed by atoms with van der Waals surface area (Å²) in [6.45, 7) is 2.38. The second-order valence-corrected chi connectivity index (χ2v) is 9.69. The van der Waals surface area contributed by atoms with Crippen LogP contribution in [0.2, 0.25) is 0 Å². The molecule has 3 aromatic rings. The van der Waals surface area contributed by atoms with Crippen molar-refractivity contribution in [1.82, 2.24) is 5.32 Å². The molecule has 0 saturated heterocycles. The Hall–Kier alpha value is -3.52. The smallest absolute Gasteiger partial charge is 0.244 e. The van der Waals surface area contributed by atoms with Crippen molar-refractivity contribution in [3.05, 3.63) is 90.0 Å². The van der Waals surface area contributed by atoms with E-state index >= 15 is 0 Å². The van der Waals surface area contributed by atoms with Crippen molar-refractivity contribution in [1.29, 1.82) is 0 Å². The summed E-state index contributed by atoms with van der Waals surface area (Å²) < 4.78 is 37.7. The molecule has 1 amide bonds. The Bertz CT molecular complexity index is 1180. The van der Waals surface area contributed by atoms with Crippen molar-refractivity contribution in [3.8, 4) is 11.5 Å². The van der Waals surface area contributed by atoms with Gasteiger partial charge in [0.1, 0.15) is 19.3 Å². The zero-order valence-corrected chi connectivity index (χ0v) is 19.3. The number of nitrogens with one attached hydrogen (secondary N) is 1. The van der Waals surface area contributed by atoms with Crippen LogP contribution in [0.25, 0.3) is 0 Å². The summed E-state index contributed by atoms with van der Waals surface area (Å²) in [6.07, 6.45) is 1.08. The van der Waals surface area contributed by atoms with E-state index in [0.29, 0.717) is 30.4 Å². The lowest BCUT2D eigenvalue weighted by Gasteiger charge is -2.31. The highest BCUT2D eigenvalue weighted by atomic mass is 32.2. The third kappa shape index (κ3) is 5.12. The van der Waals surface area contributed by atoms with Crippen LogP contribution in [0.1, 0.15) is 24.1 Å². The minimum atomic E-state index is -3.78. The van der Waals surface area contributed by atoms with Crippen molar-refractivity contribution in [3.63, 3.8) is 0 Å². The van der Waals surface area contributed by atoms with Gasteiger partial charge < -0.3 is 14.8 Å². The summed E-state index contributed by atoms with van der Waals surface area (Å²) in [5.74, 6) is 0.572. The molecule has 0 saturated carbocycles. The average Bonchev–Trinajstić information content (AvgIpc) is 2.82. The standard InChI is InChI=1S/C25H26N2O5S/c1-18(27(33(2,29)30)21-13-14-22-23(17-21)32-16-15-31-22)25(28)26-24(19-9-5-3-6-10-19)20-11-7-4-8-12-20/h3-14,17-18,24H,15-16H2,1-2H3,(H,26,28)/t18-/m0/s1. The van der Waals surface area contributed by atoms with Crippen LogP contribution in [0.4, 0.5) is 5.69 Å². The maximum atomic E-state index is 13.4. The molecule has 1 N–H and O–H groups in total. The maximum Gasteiger partial charge on any atom is 0.244 e. The number of sulfonamides is 1. The summed E-state index contributed by atoms with van der Waals surface area (Å²) in [5.41, 5.74) is 2.13. The van der Waals surface area contributed by atoms with Gasteiger partial charge in [0.25, 0.3) is 0 Å². The van der Waals surface area contributed by atoms with Crippen LogP contribution in [0, 0.1) is 0 Å². The highest BCUT2D eigenvalue weighted by molar-refractivity contribution is 7.92. The maximum absolute atomic E-state index is 13.4. The van der Waals surface area contributed by atoms with E-state index in [1.165, 1.54) is 0 Å². The van der Waals surface area contributed by atoms with Crippen LogP contribution in [-0.2, 0) is 14.8 Å². The molecule has 33 heavy (non-hydrogen) atoms. The van der Waals surface area contributed by atoms with E-state index < -0.39 is 28.0 Å². The van der Waals surface area contributed by atoms with Gasteiger partial charge in [-0.15, -0.1) is 0 Å². The number of benzene rings is 3. The van der Waals surface area contributed by atoms with Crippen molar-refractivity contribution >= 4 is 21.6 Å². The molecular weight excluding hydrogens is 440 g/mol. The minimum Gasteiger partial charge on any atom is -0.486 e. The second-order valence-electron chi connectivity index (χ2n) is 7.83. The van der Waals surface area contributed by atoms with Gasteiger partial charge in [-0.1, -0.05) is 60.7 Å². The Morgan fingerprint density at radius 2 is 1.42 bits per heavy atom. The molecule has 0 unspecified atom stereocenters. The lowest BCUT2D eigenvalue weighted by atomic mass is 9.98. The van der Waals surface area contributed by atoms with E-state index in [0.717, 1.165) is 21.7 Å². The Balaban J connectivity index is 1.65. The number of anilines is 1. The molecule has 4 rings (SSSR count). The summed E-state index contributed by atoms with van der Waals surface area (Å²) in [6, 6.07) is 22.6. The zero-order valence-electron chi connectivity index (χ0n) is 18.5. The molecule has 7 nitrogen and oxygen atoms in total. The molecule has 8 heteroatoms. The normalized spacial score (nSPS) is 13.9. The lowest BCUT2D eigenvalue weighted by molar-refractivity contribution is -0.122. The third-order valence-electron chi connectivity index (χ3n) is 5.42. The number of carbonyl (C=O) groups excluding carboxylic acids is 1. The van der Waals surface area contributed by atoms with Gasteiger partial charge in [-0.2, -0.15) is 0 Å². The zero-order chi connectivity index (χ0) is 23.4. The van der Waals surface area contributed by atoms with E-state index in [4.69, 9.17) is 9.47 Å². The van der Waals surface area contributed by atoms with Gasteiger partial charge in [0.2, 0.25) is 15.9 Å². The number of hydrogen-bond donors (Lipinski definition) is 1. The fourth-order valence-corrected chi connectivity index (χ4v) is 5.06. The number of hydrogen-bond acceptors (Lipinski definition) is 5. The first-order valence-corrected chi connectivity index (χ1v) is 12.5. The highest BCUT2D eigenvalue weighted by Gasteiger charge is 2.31. The number of carbonyl (C=O) groups is 1. The molecule has 0 bridgehead atoms. The SMILES string of the molecule is C[C@@H](C(=O)NC(c1ccccc1)c1ccccc1)N(c1ccc2c(c1)OCCO2)S(C)(=O)=O. The first-order valence-electron chi connectivity index (χ1n) is 10.6. The molecule has 0 aromatic heterocycles. The number of amides is 1. The van der Waals surface area contributed by atoms with E-state index in [1.54, 1.807) is 25.1 Å². The fraction of sp³-hybridized carbons (Fsp3) is 0.240. The van der Waals surface area contributed by atoms with Crippen LogP contribution in [-0.4, -0.2) is 39.8 Å². The molecule has 3 aromatic carbocycles. The van der Waals surface area contributed by atoms with Crippen molar-refractivity contribution in [2.75, 3.05) is 23.8 Å². The van der Waals surface area contributed by atoms with Gasteiger partial charge >= 0.3 is 0 Å². The number of rotatable bonds is 7. The van der Waals surface area contributed by atoms with Crippen molar-refractivity contribution < 1.29 is 22.7 Å². The predicted octanol–water partition coefficient (Wildman–Crippen LogP) is 3.52. The minimum absolute atomic E-state index is 0.334. The van der Waals surface area contributed by atoms with Gasteiger partial charge in [-0.3, -0.25) is 9.10 Å². The number of ether oxygens (including phenoxy) is 2. The molecule has 0 radical (unpaired) electrons. The Morgan fingerprint density at radius 1 is 0.879 bits per heavy atom. The van der Waals surface area contributed by atoms with E-state index in [1.807, 2.05) is 60.7 Å². The van der Waals surface area contributed by atoms with E-state index in [9.17, 15) is 13.2 Å². The van der Waals surface area contributed by atoms with Gasteiger partial charge in [0, 0.05) is 6.07 Å². The lowest BCUT2D eigenvalue weighted by Crippen LogP contribution is -2.48. The van der Waals surface area contributed by atoms with Crippen LogP contribution in [0.15, 0.2) is 78.9 Å². The van der Waals surface area contributed by atoms with Gasteiger partial charge in [-0.05, 0) is 30.2 Å². The molecule has 1 aliphatic rings. The molecule has 1 heterocycles. The summed E-state index contributed by atoms with van der Waals surface area (Å²) in [7, 11) is -3.78. The fourth-order valence-electron chi connectivity index (χ4n) is 3.89. The summed E-state index contributed by atoms with van der Waals surface area (Å²) in [4.78, 5) is 13.4. The molecule has 1 atom stereocenters. The summed E-state index contributed by atoms with van der Waals surface area (Å²) >= 11 is 0. The van der Waals surface area contributed by atoms with Gasteiger partial charge in [0.15, 0.2) is 11.5 Å². The first kappa shape index (κ1) is 22.7.